The number of anilines is 2. The van der Waals surface area contributed by atoms with Crippen LogP contribution in [0.1, 0.15) is 11.3 Å². The molecular formula is C14H14N4O. The molecule has 2 aliphatic rings. The van der Waals surface area contributed by atoms with Crippen LogP contribution in [0.15, 0.2) is 30.6 Å². The summed E-state index contributed by atoms with van der Waals surface area (Å²) in [4.78, 5) is 11.1. The van der Waals surface area contributed by atoms with Crippen LogP contribution in [0.3, 0.4) is 0 Å². The summed E-state index contributed by atoms with van der Waals surface area (Å²) in [5.41, 5.74) is 3.40. The maximum Gasteiger partial charge on any atom is 0.143 e. The van der Waals surface area contributed by atoms with Crippen LogP contribution in [0.5, 0.6) is 5.75 Å². The zero-order valence-electron chi connectivity index (χ0n) is 10.5. The van der Waals surface area contributed by atoms with Gasteiger partial charge >= 0.3 is 0 Å². The Morgan fingerprint density at radius 3 is 3.11 bits per heavy atom. The molecule has 0 amide bonds. The Morgan fingerprint density at radius 1 is 1.16 bits per heavy atom. The highest BCUT2D eigenvalue weighted by Gasteiger charge is 2.25. The van der Waals surface area contributed by atoms with Crippen molar-refractivity contribution in [1.82, 2.24) is 15.3 Å². The van der Waals surface area contributed by atoms with Crippen molar-refractivity contribution in [3.05, 3.63) is 41.9 Å². The van der Waals surface area contributed by atoms with Crippen molar-refractivity contribution in [2.45, 2.75) is 13.1 Å². The van der Waals surface area contributed by atoms with Gasteiger partial charge in [-0.3, -0.25) is 0 Å². The third-order valence-corrected chi connectivity index (χ3v) is 3.59. The summed E-state index contributed by atoms with van der Waals surface area (Å²) in [6, 6.07) is 8.10. The first-order chi connectivity index (χ1) is 9.43. The zero-order chi connectivity index (χ0) is 12.7. The number of benzene rings is 1. The van der Waals surface area contributed by atoms with Crippen molar-refractivity contribution >= 4 is 11.5 Å². The molecule has 0 spiro atoms. The summed E-state index contributed by atoms with van der Waals surface area (Å²) in [6.07, 6.45) is 1.65. The number of hydrogen-bond donors (Lipinski definition) is 1. The van der Waals surface area contributed by atoms with Crippen LogP contribution in [0.25, 0.3) is 0 Å². The third kappa shape index (κ3) is 1.66. The van der Waals surface area contributed by atoms with Gasteiger partial charge in [0.25, 0.3) is 0 Å². The lowest BCUT2D eigenvalue weighted by Crippen LogP contribution is -2.30. The summed E-state index contributed by atoms with van der Waals surface area (Å²) < 4.78 is 5.69. The van der Waals surface area contributed by atoms with Gasteiger partial charge in [0.15, 0.2) is 0 Å². The minimum atomic E-state index is 0.684. The van der Waals surface area contributed by atoms with E-state index in [-0.39, 0.29) is 0 Å². The fourth-order valence-corrected chi connectivity index (χ4v) is 2.70. The Balaban J connectivity index is 1.84. The molecule has 0 unspecified atom stereocenters. The highest BCUT2D eigenvalue weighted by atomic mass is 16.5. The second-order valence-electron chi connectivity index (χ2n) is 4.69. The predicted octanol–water partition coefficient (Wildman–Crippen LogP) is 1.61. The van der Waals surface area contributed by atoms with Gasteiger partial charge in [-0.15, -0.1) is 0 Å². The van der Waals surface area contributed by atoms with Gasteiger partial charge in [0.2, 0.25) is 0 Å². The van der Waals surface area contributed by atoms with Gasteiger partial charge in [0.05, 0.1) is 17.9 Å². The van der Waals surface area contributed by atoms with Gasteiger partial charge in [-0.25, -0.2) is 9.97 Å². The van der Waals surface area contributed by atoms with Gasteiger partial charge < -0.3 is 15.0 Å². The molecule has 1 aromatic heterocycles. The highest BCUT2D eigenvalue weighted by Crippen LogP contribution is 2.37. The van der Waals surface area contributed by atoms with Crippen molar-refractivity contribution in [1.29, 1.82) is 0 Å². The molecule has 0 aliphatic carbocycles. The molecule has 0 bridgehead atoms. The van der Waals surface area contributed by atoms with Crippen molar-refractivity contribution < 1.29 is 4.74 Å². The molecule has 4 rings (SSSR count). The van der Waals surface area contributed by atoms with E-state index >= 15 is 0 Å². The lowest BCUT2D eigenvalue weighted by molar-refractivity contribution is 0.313. The molecule has 0 radical (unpaired) electrons. The minimum Gasteiger partial charge on any atom is -0.490 e. The number of ether oxygens (including phenoxy) is 1. The molecular weight excluding hydrogens is 240 g/mol. The molecule has 0 fully saturated rings. The van der Waals surface area contributed by atoms with Gasteiger partial charge in [-0.1, -0.05) is 12.1 Å². The first kappa shape index (κ1) is 10.8. The summed E-state index contributed by atoms with van der Waals surface area (Å²) >= 11 is 0. The molecule has 3 heterocycles. The van der Waals surface area contributed by atoms with E-state index in [9.17, 15) is 0 Å². The molecule has 5 nitrogen and oxygen atoms in total. The van der Waals surface area contributed by atoms with Crippen molar-refractivity contribution in [2.24, 2.45) is 0 Å². The van der Waals surface area contributed by atoms with Crippen LogP contribution in [-0.4, -0.2) is 23.1 Å². The second-order valence-corrected chi connectivity index (χ2v) is 4.69. The molecule has 96 valence electrons. The van der Waals surface area contributed by atoms with Crippen LogP contribution >= 0.6 is 0 Å². The summed E-state index contributed by atoms with van der Waals surface area (Å²) in [5, 5.41) is 3.33. The van der Waals surface area contributed by atoms with E-state index in [4.69, 9.17) is 4.74 Å². The van der Waals surface area contributed by atoms with Crippen LogP contribution in [0.4, 0.5) is 11.5 Å². The number of nitrogens with zero attached hydrogens (tertiary/aromatic N) is 3. The lowest BCUT2D eigenvalue weighted by atomic mass is 10.2. The SMILES string of the molecule is c1ccc2c(c1)OCCN2c1ncnc2c1CNC2. The van der Waals surface area contributed by atoms with Gasteiger partial charge in [-0.05, 0) is 12.1 Å². The Bertz CT molecular complexity index is 629. The van der Waals surface area contributed by atoms with Crippen LogP contribution in [0, 0.1) is 0 Å². The highest BCUT2D eigenvalue weighted by molar-refractivity contribution is 5.70. The van der Waals surface area contributed by atoms with E-state index in [1.165, 1.54) is 5.56 Å². The third-order valence-electron chi connectivity index (χ3n) is 3.59. The van der Waals surface area contributed by atoms with Gasteiger partial charge in [-0.2, -0.15) is 0 Å². The largest absolute Gasteiger partial charge is 0.490 e. The number of aromatic nitrogens is 2. The molecule has 2 aliphatic heterocycles. The number of rotatable bonds is 1. The van der Waals surface area contributed by atoms with Gasteiger partial charge in [0.1, 0.15) is 24.5 Å². The minimum absolute atomic E-state index is 0.684. The summed E-state index contributed by atoms with van der Waals surface area (Å²) in [7, 11) is 0. The average molecular weight is 254 g/mol. The quantitative estimate of drug-likeness (QED) is 0.838. The molecule has 19 heavy (non-hydrogen) atoms. The fraction of sp³-hybridized carbons (Fsp3) is 0.286. The summed E-state index contributed by atoms with van der Waals surface area (Å²) in [6.45, 7) is 3.17. The smallest absolute Gasteiger partial charge is 0.143 e. The Kier molecular flexibility index (Phi) is 2.38. The van der Waals surface area contributed by atoms with E-state index in [2.05, 4.69) is 26.3 Å². The molecule has 0 saturated carbocycles. The standard InChI is InChI=1S/C14H14N4O/c1-2-4-13-12(3-1)18(5-6-19-13)14-10-7-15-8-11(10)16-9-17-14/h1-4,9,15H,5-8H2. The number of para-hydroxylation sites is 2. The van der Waals surface area contributed by atoms with Crippen molar-refractivity contribution in [3.8, 4) is 5.75 Å². The maximum absolute atomic E-state index is 5.69. The topological polar surface area (TPSA) is 50.3 Å². The van der Waals surface area contributed by atoms with Crippen LogP contribution < -0.4 is 15.0 Å². The first-order valence-corrected chi connectivity index (χ1v) is 6.46. The van der Waals surface area contributed by atoms with Crippen molar-refractivity contribution in [2.75, 3.05) is 18.1 Å². The summed E-state index contributed by atoms with van der Waals surface area (Å²) in [5.74, 6) is 1.93. The normalized spacial score (nSPS) is 16.7. The zero-order valence-corrected chi connectivity index (χ0v) is 10.5. The first-order valence-electron chi connectivity index (χ1n) is 6.46. The van der Waals surface area contributed by atoms with E-state index in [1.54, 1.807) is 6.33 Å². The van der Waals surface area contributed by atoms with Crippen molar-refractivity contribution in [3.63, 3.8) is 0 Å². The monoisotopic (exact) mass is 254 g/mol. The van der Waals surface area contributed by atoms with Crippen LogP contribution in [-0.2, 0) is 13.1 Å². The average Bonchev–Trinajstić information content (AvgIpc) is 2.95. The van der Waals surface area contributed by atoms with Gasteiger partial charge in [0, 0.05) is 18.7 Å². The number of fused-ring (bicyclic) bond motifs is 2. The Labute approximate surface area is 111 Å². The van der Waals surface area contributed by atoms with E-state index in [0.717, 1.165) is 42.6 Å². The number of hydrogen-bond acceptors (Lipinski definition) is 5. The predicted molar refractivity (Wildman–Crippen MR) is 71.5 cm³/mol. The van der Waals surface area contributed by atoms with E-state index in [0.29, 0.717) is 6.61 Å². The molecule has 0 atom stereocenters. The molecule has 5 heteroatoms. The Hall–Kier alpha value is -2.14. The second kappa shape index (κ2) is 4.20. The maximum atomic E-state index is 5.69. The van der Waals surface area contributed by atoms with Crippen LogP contribution in [0.2, 0.25) is 0 Å². The molecule has 1 N–H and O–H groups in total. The number of nitrogens with one attached hydrogen (secondary N) is 1. The van der Waals surface area contributed by atoms with E-state index < -0.39 is 0 Å². The molecule has 0 saturated heterocycles. The molecule has 1 aromatic carbocycles. The Morgan fingerprint density at radius 2 is 2.11 bits per heavy atom. The molecule has 2 aromatic rings. The lowest BCUT2D eigenvalue weighted by Gasteiger charge is -2.31. The fourth-order valence-electron chi connectivity index (χ4n) is 2.70. The van der Waals surface area contributed by atoms with E-state index in [1.807, 2.05) is 18.2 Å².